The van der Waals surface area contributed by atoms with Crippen molar-refractivity contribution in [2.75, 3.05) is 25.2 Å². The number of anilines is 1. The van der Waals surface area contributed by atoms with Crippen molar-refractivity contribution in [1.82, 2.24) is 0 Å². The summed E-state index contributed by atoms with van der Waals surface area (Å²) in [6.07, 6.45) is 1.46. The van der Waals surface area contributed by atoms with Crippen molar-refractivity contribution < 1.29 is 32.5 Å². The second-order valence-electron chi connectivity index (χ2n) is 6.10. The number of fused-ring (bicyclic) bond motifs is 1. The minimum Gasteiger partial charge on any atom is -0.493 e. The Morgan fingerprint density at radius 1 is 1.20 bits per heavy atom. The van der Waals surface area contributed by atoms with Gasteiger partial charge in [0.25, 0.3) is 5.91 Å². The fourth-order valence-corrected chi connectivity index (χ4v) is 4.31. The minimum atomic E-state index is -3.04. The van der Waals surface area contributed by atoms with E-state index in [2.05, 4.69) is 4.74 Å². The highest BCUT2D eigenvalue weighted by molar-refractivity contribution is 8.27. The average Bonchev–Trinajstić information content (AvgIpc) is 3.01. The molecule has 4 rings (SSSR count). The Balaban J connectivity index is 1.67. The maximum Gasteiger partial charge on any atom is 0.387 e. The second-order valence-corrected chi connectivity index (χ2v) is 7.78. The normalized spacial score (nSPS) is 17.1. The van der Waals surface area contributed by atoms with Crippen LogP contribution in [0, 0.1) is 0 Å². The van der Waals surface area contributed by atoms with Crippen LogP contribution in [0.2, 0.25) is 0 Å². The van der Waals surface area contributed by atoms with Crippen LogP contribution < -0.4 is 23.8 Å². The Bertz CT molecular complexity index is 1040. The highest BCUT2D eigenvalue weighted by Crippen LogP contribution is 2.42. The van der Waals surface area contributed by atoms with E-state index in [-0.39, 0.29) is 27.9 Å². The summed E-state index contributed by atoms with van der Waals surface area (Å²) in [6, 6.07) is 9.76. The first-order valence-electron chi connectivity index (χ1n) is 8.77. The van der Waals surface area contributed by atoms with Crippen molar-refractivity contribution >= 4 is 46.0 Å². The lowest BCUT2D eigenvalue weighted by Crippen LogP contribution is -2.27. The van der Waals surface area contributed by atoms with Crippen LogP contribution in [-0.4, -0.2) is 37.2 Å². The molecule has 0 unspecified atom stereocenters. The number of thioether (sulfide) groups is 1. The van der Waals surface area contributed by atoms with Gasteiger partial charge in [-0.2, -0.15) is 8.78 Å². The van der Waals surface area contributed by atoms with Gasteiger partial charge in [-0.15, -0.1) is 0 Å². The molecule has 0 bridgehead atoms. The lowest BCUT2D eigenvalue weighted by atomic mass is 10.1. The quantitative estimate of drug-likeness (QED) is 0.491. The fraction of sp³-hybridized carbons (Fsp3) is 0.200. The molecule has 0 N–H and O–H groups in total. The molecule has 10 heteroatoms. The number of ether oxygens (including phenoxy) is 4. The van der Waals surface area contributed by atoms with Crippen LogP contribution in [0.15, 0.2) is 41.3 Å². The number of methoxy groups -OCH3 is 1. The Kier molecular flexibility index (Phi) is 5.78. The second kappa shape index (κ2) is 8.49. The van der Waals surface area contributed by atoms with Crippen LogP contribution in [0.3, 0.4) is 0 Å². The van der Waals surface area contributed by atoms with Gasteiger partial charge in [0.1, 0.15) is 13.2 Å². The molecule has 0 atom stereocenters. The number of para-hydroxylation sites is 1. The molecule has 2 heterocycles. The molecular formula is C20H15F2NO5S2. The molecular weight excluding hydrogens is 436 g/mol. The summed E-state index contributed by atoms with van der Waals surface area (Å²) in [5.41, 5.74) is 0.803. The Morgan fingerprint density at radius 2 is 1.97 bits per heavy atom. The number of alkyl halides is 2. The third kappa shape index (κ3) is 3.92. The van der Waals surface area contributed by atoms with Crippen molar-refractivity contribution in [2.24, 2.45) is 0 Å². The number of carbonyl (C=O) groups excluding carboxylic acids is 1. The van der Waals surface area contributed by atoms with E-state index in [1.165, 1.54) is 24.2 Å². The number of thiocarbonyl (C=S) groups is 1. The van der Waals surface area contributed by atoms with Crippen molar-refractivity contribution in [1.29, 1.82) is 0 Å². The number of carbonyl (C=O) groups is 1. The molecule has 0 aliphatic carbocycles. The van der Waals surface area contributed by atoms with Gasteiger partial charge in [0.05, 0.1) is 17.7 Å². The zero-order valence-electron chi connectivity index (χ0n) is 15.6. The molecule has 1 fully saturated rings. The molecule has 0 spiro atoms. The van der Waals surface area contributed by atoms with E-state index >= 15 is 0 Å². The zero-order chi connectivity index (χ0) is 21.3. The van der Waals surface area contributed by atoms with Crippen molar-refractivity contribution in [3.8, 4) is 23.0 Å². The van der Waals surface area contributed by atoms with Crippen LogP contribution in [0.1, 0.15) is 5.56 Å². The highest BCUT2D eigenvalue weighted by atomic mass is 32.2. The van der Waals surface area contributed by atoms with Gasteiger partial charge < -0.3 is 18.9 Å². The number of rotatable bonds is 5. The van der Waals surface area contributed by atoms with Crippen LogP contribution in [0.25, 0.3) is 6.08 Å². The van der Waals surface area contributed by atoms with Crippen LogP contribution in [0.5, 0.6) is 23.0 Å². The maximum absolute atomic E-state index is 13.0. The van der Waals surface area contributed by atoms with Gasteiger partial charge in [-0.25, -0.2) is 0 Å². The largest absolute Gasteiger partial charge is 0.493 e. The summed E-state index contributed by atoms with van der Waals surface area (Å²) in [5, 5.41) is 0. The Labute approximate surface area is 180 Å². The summed E-state index contributed by atoms with van der Waals surface area (Å²) in [4.78, 5) is 14.7. The molecule has 0 radical (unpaired) electrons. The maximum atomic E-state index is 13.0. The molecule has 1 amide bonds. The molecule has 30 heavy (non-hydrogen) atoms. The van der Waals surface area contributed by atoms with E-state index in [1.54, 1.807) is 30.3 Å². The van der Waals surface area contributed by atoms with E-state index in [9.17, 15) is 13.6 Å². The molecule has 0 saturated carbocycles. The number of nitrogens with zero attached hydrogens (tertiary/aromatic N) is 1. The predicted molar refractivity (Wildman–Crippen MR) is 113 cm³/mol. The molecule has 2 aromatic carbocycles. The number of halogens is 2. The summed E-state index contributed by atoms with van der Waals surface area (Å²) in [5.74, 6) is 0.715. The van der Waals surface area contributed by atoms with E-state index < -0.39 is 6.61 Å². The van der Waals surface area contributed by atoms with Crippen LogP contribution in [-0.2, 0) is 4.79 Å². The SMILES string of the molecule is COc1cccc(/C=C2\SC(=S)N(c3ccc4c(c3)OCCO4)C2=O)c1OC(F)F. The molecule has 156 valence electrons. The number of hydrogen-bond donors (Lipinski definition) is 0. The van der Waals surface area contributed by atoms with Gasteiger partial charge in [-0.05, 0) is 24.3 Å². The first-order valence-corrected chi connectivity index (χ1v) is 10.00. The summed E-state index contributed by atoms with van der Waals surface area (Å²) < 4.78 is 46.8. The predicted octanol–water partition coefficient (Wildman–Crippen LogP) is 4.47. The number of amides is 1. The van der Waals surface area contributed by atoms with Gasteiger partial charge in [-0.1, -0.05) is 36.1 Å². The third-order valence-electron chi connectivity index (χ3n) is 4.30. The standard InChI is InChI=1S/C20H15F2NO5S2/c1-25-14-4-2-3-11(17(14)28-19(21)22)9-16-18(24)23(20(29)30-16)12-5-6-13-15(10-12)27-8-7-26-13/h2-6,9-10,19H,7-8H2,1H3/b16-9-. The average molecular weight is 451 g/mol. The smallest absolute Gasteiger partial charge is 0.387 e. The van der Waals surface area contributed by atoms with Crippen molar-refractivity contribution in [3.63, 3.8) is 0 Å². The minimum absolute atomic E-state index is 0.131. The van der Waals surface area contributed by atoms with E-state index in [1.807, 2.05) is 0 Å². The lowest BCUT2D eigenvalue weighted by Gasteiger charge is -2.21. The number of hydrogen-bond acceptors (Lipinski definition) is 7. The highest BCUT2D eigenvalue weighted by Gasteiger charge is 2.34. The van der Waals surface area contributed by atoms with E-state index in [4.69, 9.17) is 26.4 Å². The molecule has 2 aliphatic rings. The molecule has 2 aliphatic heterocycles. The zero-order valence-corrected chi connectivity index (χ0v) is 17.2. The van der Waals surface area contributed by atoms with Gasteiger partial charge in [-0.3, -0.25) is 9.69 Å². The Morgan fingerprint density at radius 3 is 2.70 bits per heavy atom. The van der Waals surface area contributed by atoms with E-state index in [0.717, 1.165) is 11.8 Å². The first kappa shape index (κ1) is 20.4. The van der Waals surface area contributed by atoms with Crippen molar-refractivity contribution in [3.05, 3.63) is 46.9 Å². The van der Waals surface area contributed by atoms with Crippen LogP contribution in [0.4, 0.5) is 14.5 Å². The fourth-order valence-electron chi connectivity index (χ4n) is 3.03. The summed E-state index contributed by atoms with van der Waals surface area (Å²) in [6.45, 7) is -2.17. The van der Waals surface area contributed by atoms with Gasteiger partial charge >= 0.3 is 6.61 Å². The molecule has 6 nitrogen and oxygen atoms in total. The van der Waals surface area contributed by atoms with Gasteiger partial charge in [0.2, 0.25) is 0 Å². The van der Waals surface area contributed by atoms with E-state index in [0.29, 0.717) is 34.7 Å². The summed E-state index contributed by atoms with van der Waals surface area (Å²) >= 11 is 6.44. The molecule has 0 aromatic heterocycles. The number of benzene rings is 2. The van der Waals surface area contributed by atoms with Crippen LogP contribution >= 0.6 is 24.0 Å². The molecule has 1 saturated heterocycles. The topological polar surface area (TPSA) is 57.2 Å². The Hall–Kier alpha value is -2.85. The monoisotopic (exact) mass is 451 g/mol. The summed E-state index contributed by atoms with van der Waals surface area (Å²) in [7, 11) is 1.35. The van der Waals surface area contributed by atoms with Gasteiger partial charge in [0.15, 0.2) is 27.3 Å². The lowest BCUT2D eigenvalue weighted by molar-refractivity contribution is -0.113. The van der Waals surface area contributed by atoms with Crippen molar-refractivity contribution in [2.45, 2.75) is 6.61 Å². The first-order chi connectivity index (χ1) is 14.5. The molecule has 2 aromatic rings. The van der Waals surface area contributed by atoms with Gasteiger partial charge in [0, 0.05) is 11.6 Å². The third-order valence-corrected chi connectivity index (χ3v) is 5.60.